The minimum Gasteiger partial charge on any atom is -0.460 e. The number of Topliss-reactive ketones (excluding diaryl/α,β-unsaturated/α-hetero) is 3. The number of rotatable bonds is 7. The molecule has 390 valence electrons. The Labute approximate surface area is 487 Å². The van der Waals surface area contributed by atoms with E-state index >= 15 is 24.0 Å². The van der Waals surface area contributed by atoms with Crippen LogP contribution in [0, 0.1) is 41.3 Å². The van der Waals surface area contributed by atoms with E-state index in [4.69, 9.17) is 49.1 Å². The van der Waals surface area contributed by atoms with Gasteiger partial charge in [0.25, 0.3) is 11.7 Å². The van der Waals surface area contributed by atoms with Crippen molar-refractivity contribution >= 4 is 29.2 Å². The quantitative estimate of drug-likeness (QED) is 0.174. The van der Waals surface area contributed by atoms with Gasteiger partial charge < -0.3 is 38.8 Å². The predicted octanol–water partition coefficient (Wildman–Crippen LogP) is 6.29. The number of aromatic nitrogens is 4. The molecule has 16 atom stereocenters. The zero-order chi connectivity index (χ0) is 97.9. The molecule has 2 bridgehead atoms. The maximum Gasteiger partial charge on any atom is 0.329 e. The lowest BCUT2D eigenvalue weighted by molar-refractivity contribution is -0.265. The Balaban J connectivity index is 2.28. The monoisotopic (exact) mass is 1030 g/mol. The van der Waals surface area contributed by atoms with Gasteiger partial charge in [0.2, 0.25) is 5.79 Å². The Bertz CT molecular complexity index is 4600. The zero-order valence-electron chi connectivity index (χ0n) is 90.2. The molecule has 1 aromatic rings. The number of tetrazole rings is 1. The summed E-state index contributed by atoms with van der Waals surface area (Å²) in [5, 5.41) is 34.2. The molecule has 1 amide bonds. The van der Waals surface area contributed by atoms with Crippen LogP contribution in [0.25, 0.3) is 0 Å². The predicted molar refractivity (Wildman–Crippen MR) is 261 cm³/mol. The van der Waals surface area contributed by atoms with Crippen molar-refractivity contribution in [2.45, 2.75) is 180 Å². The summed E-state index contributed by atoms with van der Waals surface area (Å²) in [7, 11) is -4.47. The van der Waals surface area contributed by atoms with E-state index in [1.807, 2.05) is 0 Å². The average molecular weight is 1030 g/mol. The number of cyclic esters (lactones) is 1. The smallest absolute Gasteiger partial charge is 0.329 e. The van der Waals surface area contributed by atoms with E-state index in [-0.39, 0.29) is 41.9 Å². The van der Waals surface area contributed by atoms with Crippen LogP contribution in [0.2, 0.25) is 0 Å². The highest BCUT2D eigenvalue weighted by molar-refractivity contribution is 6.39. The molecule has 3 fully saturated rings. The van der Waals surface area contributed by atoms with Crippen LogP contribution in [0.4, 0.5) is 0 Å². The number of carbonyl (C=O) groups excluding carboxylic acids is 5. The molecule has 0 aromatic carbocycles. The maximum atomic E-state index is 16.2. The minimum absolute atomic E-state index is 0.125. The number of fused-ring (bicyclic) bond motifs is 3. The lowest BCUT2D eigenvalue weighted by Gasteiger charge is -2.42. The van der Waals surface area contributed by atoms with E-state index in [2.05, 4.69) is 20.3 Å². The number of aliphatic hydroxyl groups is 2. The van der Waals surface area contributed by atoms with Crippen molar-refractivity contribution in [3.63, 3.8) is 0 Å². The molecule has 0 radical (unpaired) electrons. The largest absolute Gasteiger partial charge is 0.460 e. The van der Waals surface area contributed by atoms with Gasteiger partial charge in [-0.25, -0.2) is 9.48 Å². The first-order chi connectivity index (χ1) is 52.9. The summed E-state index contributed by atoms with van der Waals surface area (Å²) in [6.07, 6.45) is -93.5. The highest BCUT2D eigenvalue weighted by Gasteiger charge is 2.53. The molecule has 3 aliphatic heterocycles. The van der Waals surface area contributed by atoms with Crippen LogP contribution in [0.1, 0.15) is 203 Å². The van der Waals surface area contributed by atoms with Crippen LogP contribution in [-0.4, -0.2) is 141 Å². The topological polar surface area (TPSA) is 219 Å². The van der Waals surface area contributed by atoms with Crippen LogP contribution >= 0.6 is 0 Å². The fourth-order valence-corrected chi connectivity index (χ4v) is 5.47. The second-order valence-electron chi connectivity index (χ2n) is 14.0. The summed E-state index contributed by atoms with van der Waals surface area (Å²) in [5.74, 6) is -55.8. The normalized spacial score (nSPS) is 73.4. The van der Waals surface area contributed by atoms with Crippen molar-refractivity contribution in [2.24, 2.45) is 41.3 Å². The Morgan fingerprint density at radius 2 is 1.79 bits per heavy atom. The third-order valence-corrected chi connectivity index (χ3v) is 9.50. The first-order valence-electron chi connectivity index (χ1n) is 45.6. The molecule has 2 saturated heterocycles. The molecular weight excluding hydrogens is 899 g/mol. The molecule has 4 heterocycles. The van der Waals surface area contributed by atoms with Crippen LogP contribution in [0.3, 0.4) is 0 Å². The van der Waals surface area contributed by atoms with Crippen molar-refractivity contribution in [3.05, 3.63) is 53.8 Å². The van der Waals surface area contributed by atoms with Crippen molar-refractivity contribution < 1.29 is 129 Å². The number of piperidine rings is 1. The van der Waals surface area contributed by atoms with E-state index in [0.717, 1.165) is 0 Å². The van der Waals surface area contributed by atoms with Gasteiger partial charge in [0.15, 0.2) is 5.78 Å². The molecule has 4 aliphatic rings. The molecule has 0 spiro atoms. The van der Waals surface area contributed by atoms with Crippen LogP contribution in [0.5, 0.6) is 0 Å². The van der Waals surface area contributed by atoms with Crippen molar-refractivity contribution in [2.75, 3.05) is 27.8 Å². The number of methoxy groups -OCH3 is 3. The lowest BCUT2D eigenvalue weighted by atomic mass is 9.77. The van der Waals surface area contributed by atoms with Crippen LogP contribution < -0.4 is 0 Å². The Hall–Kier alpha value is -4.26. The van der Waals surface area contributed by atoms with Gasteiger partial charge in [-0.1, -0.05) is 77.9 Å². The molecular formula is C53H81N5O12. The minimum atomic E-state index is -6.18. The van der Waals surface area contributed by atoms with Crippen LogP contribution in [0.15, 0.2) is 53.8 Å². The summed E-state index contributed by atoms with van der Waals surface area (Å²) >= 11 is 0. The molecule has 5 rings (SSSR count). The van der Waals surface area contributed by atoms with Gasteiger partial charge in [-0.15, -0.1) is 5.10 Å². The van der Waals surface area contributed by atoms with Gasteiger partial charge in [0, 0.05) is 105 Å². The molecule has 1 aromatic heterocycles. The second kappa shape index (κ2) is 25.9. The van der Waals surface area contributed by atoms with Gasteiger partial charge in [-0.05, 0) is 116 Å². The molecule has 1 unspecified atom stereocenters. The van der Waals surface area contributed by atoms with Crippen molar-refractivity contribution in [1.82, 2.24) is 25.1 Å². The van der Waals surface area contributed by atoms with E-state index in [0.29, 0.717) is 13.8 Å². The Morgan fingerprint density at radius 3 is 2.47 bits per heavy atom. The summed E-state index contributed by atoms with van der Waals surface area (Å²) in [5.41, 5.74) is -4.88. The van der Waals surface area contributed by atoms with E-state index < -0.39 is 286 Å². The molecule has 1 aliphatic carbocycles. The van der Waals surface area contributed by atoms with Crippen molar-refractivity contribution in [1.29, 1.82) is 0 Å². The highest BCUT2D eigenvalue weighted by atomic mass is 16.6. The maximum absolute atomic E-state index is 16.2. The molecule has 17 nitrogen and oxygen atoms in total. The molecule has 17 heteroatoms. The lowest BCUT2D eigenvalue weighted by Crippen LogP contribution is -2.61. The number of carbonyl (C=O) groups is 5. The van der Waals surface area contributed by atoms with Gasteiger partial charge in [0.1, 0.15) is 37.7 Å². The standard InChI is InChI=1S/C53H81N5O12/c1-31-17-13-12-14-18-32(2)44(66-9)28-40-22-20-36(6)53(65,70-40)50(62)51(63)57-24-16-15-19-42(57)52(64)69-45(34(4)26-39-21-23-41(46(27-39)67-10)58-30-54-55-56-58)29-43(59)33(3)25-35(5)47(60)49(68-11)48(61)38(8)37(31)7/h12-14,17-18,25,30-31,33-34,36-42,44-47,49,60,65H,15-16,19-24,26-29H2,1-11H3/b14-12?,17-13?,32-18?,35-25+/t31-,33-,34-,36-,37?,38-,39+,40+,41+,42+,44+,45+,46-,47-,49-,53-/m1/s1/i2D3,9D3,12D,13D,14D,15D2,16D2,17D,18D,19D2,20D2,21D2,22D2,23D2,24D2,25D,26D2,27D2,28D2,29D2,30D,31D,33D,34D,36D,37D,38D,39D,40D,41D,42D,44D,45D,46D,47D,49D. The van der Waals surface area contributed by atoms with Gasteiger partial charge in [-0.3, -0.25) is 19.2 Å². The number of nitrogens with zero attached hydrogens (tertiary/aromatic N) is 5. The molecule has 1 saturated carbocycles. The summed E-state index contributed by atoms with van der Waals surface area (Å²) < 4.78 is 499. The number of amides is 1. The van der Waals surface area contributed by atoms with Gasteiger partial charge in [0.05, 0.1) is 47.6 Å². The Kier molecular flexibility index (Phi) is 6.88. The molecule has 2 N–H and O–H groups in total. The van der Waals surface area contributed by atoms with E-state index in [1.54, 1.807) is 0 Å². The average Bonchev–Trinajstić information content (AvgIpc) is 0.880. The van der Waals surface area contributed by atoms with E-state index in [1.165, 1.54) is 0 Å². The third-order valence-electron chi connectivity index (χ3n) is 9.50. The fraction of sp³-hybridized carbons (Fsp3) is 0.736. The fourth-order valence-electron chi connectivity index (χ4n) is 5.47. The SMILES string of the molecule is [2H]C1=C([2H])C([2H])=C(C([2H])([2H])[2H])[C@@]([2H])(OC([2H])([2H])[2H])C([2H])([2H])[C@@]2([2H])O[C@@](O)(C(=O)C(=O)N3C([2H])([2H])C([2H])([2H])C([2H])([2H])C([2H])([2H])[C@@]3([2H])C(=O)O[C@]([2H])([C@]([2H])(C)C([2H])([2H])[C@]3([2H])C([2H])([2H])C([2H])([2H])[C@]([2H])(n4nnnc4[2H])[C@]([2H])(OC)C3([2H])[2H])C([2H])([2H])C(=O)[C@]([2H])(C)/C([2H])=C(\C)[C@@]([2H])(O)[C@@]([2H])(OC)C(=O)[C@]([2H])(C)C([2H])(C)[C@]([2H])(C)C([2H])=C1[2H])[C@]([2H])(C)C([2H])([2H])C2([2H])[2H]. The second-order valence-corrected chi connectivity index (χ2v) is 14.0. The number of ketones is 3. The van der Waals surface area contributed by atoms with Crippen LogP contribution in [-0.2, 0) is 47.7 Å². The number of allylic oxidation sites excluding steroid dienone is 6. The number of ether oxygens (including phenoxy) is 5. The van der Waals surface area contributed by atoms with E-state index in [9.17, 15) is 51.3 Å². The number of hydrogen-bond donors (Lipinski definition) is 2. The highest BCUT2D eigenvalue weighted by Crippen LogP contribution is 2.39. The van der Waals surface area contributed by atoms with Gasteiger partial charge in [-0.2, -0.15) is 0 Å². The van der Waals surface area contributed by atoms with Gasteiger partial charge >= 0.3 is 5.97 Å². The van der Waals surface area contributed by atoms with Crippen molar-refractivity contribution in [3.8, 4) is 0 Å². The first kappa shape index (κ1) is 18.6. The Morgan fingerprint density at radius 1 is 1.01 bits per heavy atom. The summed E-state index contributed by atoms with van der Waals surface area (Å²) in [6, 6.07) is -24.4. The molecule has 70 heavy (non-hydrogen) atoms. The zero-order valence-corrected chi connectivity index (χ0v) is 38.2. The first-order valence-corrected chi connectivity index (χ1v) is 19.6. The summed E-state index contributed by atoms with van der Waals surface area (Å²) in [6.45, 7) is -10.7. The number of esters is 1. The summed E-state index contributed by atoms with van der Waals surface area (Å²) in [4.78, 5) is 76.6. The number of hydrogen-bond acceptors (Lipinski definition) is 15. The third kappa shape index (κ3) is 13.8.